The highest BCUT2D eigenvalue weighted by Crippen LogP contribution is 2.13. The Labute approximate surface area is 84.2 Å². The third-order valence-electron chi connectivity index (χ3n) is 1.99. The maximum absolute atomic E-state index is 11.5. The topological polar surface area (TPSA) is 26.3 Å². The summed E-state index contributed by atoms with van der Waals surface area (Å²) >= 11 is 0. The first-order valence-corrected chi connectivity index (χ1v) is 4.67. The predicted octanol–water partition coefficient (Wildman–Crippen LogP) is 2.80. The van der Waals surface area contributed by atoms with Crippen LogP contribution in [0.15, 0.2) is 43.0 Å². The molecule has 0 aromatic heterocycles. The SMILES string of the molecule is C=CC(CC)C(=O)Oc1ccccc1. The molecule has 0 aliphatic heterocycles. The average molecular weight is 190 g/mol. The van der Waals surface area contributed by atoms with Crippen molar-refractivity contribution in [3.8, 4) is 5.75 Å². The van der Waals surface area contributed by atoms with E-state index in [1.807, 2.05) is 25.1 Å². The summed E-state index contributed by atoms with van der Waals surface area (Å²) in [4.78, 5) is 11.5. The van der Waals surface area contributed by atoms with Crippen LogP contribution in [0.5, 0.6) is 5.75 Å². The highest BCUT2D eigenvalue weighted by atomic mass is 16.5. The second kappa shape index (κ2) is 5.22. The minimum Gasteiger partial charge on any atom is -0.426 e. The summed E-state index contributed by atoms with van der Waals surface area (Å²) in [5.74, 6) is 0.127. The van der Waals surface area contributed by atoms with Crippen LogP contribution in [-0.4, -0.2) is 5.97 Å². The van der Waals surface area contributed by atoms with Crippen molar-refractivity contribution in [1.29, 1.82) is 0 Å². The Morgan fingerprint density at radius 1 is 1.50 bits per heavy atom. The zero-order valence-corrected chi connectivity index (χ0v) is 8.27. The van der Waals surface area contributed by atoms with Gasteiger partial charge in [0.2, 0.25) is 0 Å². The number of esters is 1. The molecule has 2 heteroatoms. The Morgan fingerprint density at radius 3 is 2.64 bits per heavy atom. The first kappa shape index (κ1) is 10.5. The van der Waals surface area contributed by atoms with E-state index in [0.29, 0.717) is 5.75 Å². The summed E-state index contributed by atoms with van der Waals surface area (Å²) in [6, 6.07) is 9.05. The molecule has 0 bridgehead atoms. The molecule has 0 saturated heterocycles. The molecule has 1 aromatic carbocycles. The van der Waals surface area contributed by atoms with Crippen LogP contribution in [0.25, 0.3) is 0 Å². The van der Waals surface area contributed by atoms with Crippen molar-refractivity contribution in [2.45, 2.75) is 13.3 Å². The number of carbonyl (C=O) groups excluding carboxylic acids is 1. The molecule has 0 N–H and O–H groups in total. The van der Waals surface area contributed by atoms with Gasteiger partial charge in [0.05, 0.1) is 5.92 Å². The van der Waals surface area contributed by atoms with Crippen LogP contribution in [0.4, 0.5) is 0 Å². The smallest absolute Gasteiger partial charge is 0.318 e. The van der Waals surface area contributed by atoms with Crippen molar-refractivity contribution in [3.05, 3.63) is 43.0 Å². The second-order valence-electron chi connectivity index (χ2n) is 2.98. The minimum atomic E-state index is -0.242. The maximum atomic E-state index is 11.5. The molecule has 0 aliphatic carbocycles. The van der Waals surface area contributed by atoms with Crippen LogP contribution in [0, 0.1) is 5.92 Å². The van der Waals surface area contributed by atoms with Crippen molar-refractivity contribution in [3.63, 3.8) is 0 Å². The fourth-order valence-electron chi connectivity index (χ4n) is 1.11. The van der Waals surface area contributed by atoms with Crippen LogP contribution in [-0.2, 0) is 4.79 Å². The molecule has 1 unspecified atom stereocenters. The molecule has 0 aliphatic rings. The van der Waals surface area contributed by atoms with Gasteiger partial charge in [-0.3, -0.25) is 4.79 Å². The normalized spacial score (nSPS) is 11.8. The Hall–Kier alpha value is -1.57. The molecule has 1 rings (SSSR count). The summed E-state index contributed by atoms with van der Waals surface area (Å²) in [7, 11) is 0. The van der Waals surface area contributed by atoms with Gasteiger partial charge in [-0.1, -0.05) is 31.2 Å². The Kier molecular flexibility index (Phi) is 3.92. The van der Waals surface area contributed by atoms with Gasteiger partial charge in [0.15, 0.2) is 0 Å². The van der Waals surface area contributed by atoms with Crippen molar-refractivity contribution in [1.82, 2.24) is 0 Å². The molecular weight excluding hydrogens is 176 g/mol. The lowest BCUT2D eigenvalue weighted by atomic mass is 10.1. The second-order valence-corrected chi connectivity index (χ2v) is 2.98. The number of para-hydroxylation sites is 1. The molecular formula is C12H14O2. The van der Waals surface area contributed by atoms with Gasteiger partial charge in [-0.05, 0) is 18.6 Å². The summed E-state index contributed by atoms with van der Waals surface area (Å²) in [5, 5.41) is 0. The molecule has 0 saturated carbocycles. The quantitative estimate of drug-likeness (QED) is 0.414. The maximum Gasteiger partial charge on any atom is 0.318 e. The summed E-state index contributed by atoms with van der Waals surface area (Å²) < 4.78 is 5.15. The minimum absolute atomic E-state index is 0.213. The zero-order chi connectivity index (χ0) is 10.4. The van der Waals surface area contributed by atoms with E-state index in [0.717, 1.165) is 6.42 Å². The fourth-order valence-corrected chi connectivity index (χ4v) is 1.11. The molecule has 0 heterocycles. The molecule has 2 nitrogen and oxygen atoms in total. The molecule has 74 valence electrons. The fraction of sp³-hybridized carbons (Fsp3) is 0.250. The number of ether oxygens (including phenoxy) is 1. The molecule has 0 radical (unpaired) electrons. The number of hydrogen-bond acceptors (Lipinski definition) is 2. The van der Waals surface area contributed by atoms with Crippen molar-refractivity contribution in [2.24, 2.45) is 5.92 Å². The van der Waals surface area contributed by atoms with Crippen LogP contribution in [0.3, 0.4) is 0 Å². The average Bonchev–Trinajstić information content (AvgIpc) is 2.21. The van der Waals surface area contributed by atoms with Gasteiger partial charge >= 0.3 is 5.97 Å². The Bertz CT molecular complexity index is 303. The van der Waals surface area contributed by atoms with E-state index < -0.39 is 0 Å². The van der Waals surface area contributed by atoms with Gasteiger partial charge in [0, 0.05) is 0 Å². The van der Waals surface area contributed by atoms with Crippen molar-refractivity contribution < 1.29 is 9.53 Å². The van der Waals surface area contributed by atoms with E-state index in [2.05, 4.69) is 6.58 Å². The van der Waals surface area contributed by atoms with Crippen LogP contribution >= 0.6 is 0 Å². The van der Waals surface area contributed by atoms with E-state index in [-0.39, 0.29) is 11.9 Å². The lowest BCUT2D eigenvalue weighted by molar-refractivity contribution is -0.137. The lowest BCUT2D eigenvalue weighted by Gasteiger charge is -2.08. The molecule has 0 amide bonds. The van der Waals surface area contributed by atoms with Gasteiger partial charge in [0.1, 0.15) is 5.75 Å². The van der Waals surface area contributed by atoms with Gasteiger partial charge in [0.25, 0.3) is 0 Å². The number of carbonyl (C=O) groups is 1. The molecule has 1 aromatic rings. The van der Waals surface area contributed by atoms with Gasteiger partial charge in [-0.25, -0.2) is 0 Å². The summed E-state index contributed by atoms with van der Waals surface area (Å²) in [6.07, 6.45) is 2.33. The highest BCUT2D eigenvalue weighted by Gasteiger charge is 2.14. The van der Waals surface area contributed by atoms with Crippen molar-refractivity contribution in [2.75, 3.05) is 0 Å². The van der Waals surface area contributed by atoms with Gasteiger partial charge in [-0.15, -0.1) is 6.58 Å². The summed E-state index contributed by atoms with van der Waals surface area (Å²) in [6.45, 7) is 5.52. The third kappa shape index (κ3) is 2.73. The highest BCUT2D eigenvalue weighted by molar-refractivity contribution is 5.76. The molecule has 0 spiro atoms. The summed E-state index contributed by atoms with van der Waals surface area (Å²) in [5.41, 5.74) is 0. The molecule has 1 atom stereocenters. The molecule has 14 heavy (non-hydrogen) atoms. The van der Waals surface area contributed by atoms with Gasteiger partial charge < -0.3 is 4.74 Å². The van der Waals surface area contributed by atoms with E-state index in [1.54, 1.807) is 18.2 Å². The van der Waals surface area contributed by atoms with Gasteiger partial charge in [-0.2, -0.15) is 0 Å². The van der Waals surface area contributed by atoms with E-state index in [9.17, 15) is 4.79 Å². The Balaban J connectivity index is 2.61. The largest absolute Gasteiger partial charge is 0.426 e. The Morgan fingerprint density at radius 2 is 2.14 bits per heavy atom. The number of benzene rings is 1. The zero-order valence-electron chi connectivity index (χ0n) is 8.27. The van der Waals surface area contributed by atoms with E-state index in [1.165, 1.54) is 0 Å². The number of hydrogen-bond donors (Lipinski definition) is 0. The van der Waals surface area contributed by atoms with Crippen LogP contribution < -0.4 is 4.74 Å². The third-order valence-corrected chi connectivity index (χ3v) is 1.99. The standard InChI is InChI=1S/C12H14O2/c1-3-10(4-2)12(13)14-11-8-6-5-7-9-11/h3,5-10H,1,4H2,2H3. The van der Waals surface area contributed by atoms with E-state index in [4.69, 9.17) is 4.74 Å². The lowest BCUT2D eigenvalue weighted by Crippen LogP contribution is -2.17. The first-order valence-electron chi connectivity index (χ1n) is 4.67. The van der Waals surface area contributed by atoms with Crippen LogP contribution in [0.1, 0.15) is 13.3 Å². The predicted molar refractivity (Wildman–Crippen MR) is 56.1 cm³/mol. The van der Waals surface area contributed by atoms with E-state index >= 15 is 0 Å². The molecule has 0 fully saturated rings. The van der Waals surface area contributed by atoms with Crippen molar-refractivity contribution >= 4 is 5.97 Å². The monoisotopic (exact) mass is 190 g/mol. The number of rotatable bonds is 4. The first-order chi connectivity index (χ1) is 6.77. The van der Waals surface area contributed by atoms with Crippen LogP contribution in [0.2, 0.25) is 0 Å².